The summed E-state index contributed by atoms with van der Waals surface area (Å²) in [5, 5.41) is 0. The van der Waals surface area contributed by atoms with Crippen molar-refractivity contribution < 1.29 is 8.78 Å². The van der Waals surface area contributed by atoms with Gasteiger partial charge in [-0.15, -0.1) is 0 Å². The molecular weight excluding hydrogens is 146 g/mol. The van der Waals surface area contributed by atoms with Crippen LogP contribution in [0.25, 0.3) is 0 Å². The van der Waals surface area contributed by atoms with Crippen molar-refractivity contribution in [1.82, 2.24) is 0 Å². The van der Waals surface area contributed by atoms with Crippen LogP contribution in [0.4, 0.5) is 8.78 Å². The molecule has 0 radical (unpaired) electrons. The standard InChI is InChI=1S/C9H14F2/c1-2-3-4-5-6-7-8-9(10)11/h6-8H,2-5H2,1H3/b7-6+. The van der Waals surface area contributed by atoms with Gasteiger partial charge in [-0.1, -0.05) is 31.9 Å². The van der Waals surface area contributed by atoms with E-state index in [0.717, 1.165) is 18.9 Å². The number of rotatable bonds is 5. The van der Waals surface area contributed by atoms with Crippen LogP contribution in [-0.4, -0.2) is 0 Å². The summed E-state index contributed by atoms with van der Waals surface area (Å²) in [7, 11) is 0. The topological polar surface area (TPSA) is 0 Å². The van der Waals surface area contributed by atoms with Gasteiger partial charge in [0.2, 0.25) is 0 Å². The predicted molar refractivity (Wildman–Crippen MR) is 43.6 cm³/mol. The molecule has 0 saturated heterocycles. The fraction of sp³-hybridized carbons (Fsp3) is 0.556. The van der Waals surface area contributed by atoms with Crippen LogP contribution in [0.1, 0.15) is 32.6 Å². The van der Waals surface area contributed by atoms with E-state index in [1.807, 2.05) is 0 Å². The van der Waals surface area contributed by atoms with Crippen LogP contribution in [0.5, 0.6) is 0 Å². The highest BCUT2D eigenvalue weighted by atomic mass is 19.3. The molecule has 0 aliphatic heterocycles. The molecule has 0 bridgehead atoms. The van der Waals surface area contributed by atoms with E-state index in [-0.39, 0.29) is 0 Å². The molecule has 0 amide bonds. The maximum Gasteiger partial charge on any atom is 0.270 e. The minimum atomic E-state index is -1.63. The summed E-state index contributed by atoms with van der Waals surface area (Å²) in [6, 6.07) is 0. The Balaban J connectivity index is 3.23. The Morgan fingerprint density at radius 1 is 1.27 bits per heavy atom. The van der Waals surface area contributed by atoms with Crippen LogP contribution >= 0.6 is 0 Å². The molecule has 0 unspecified atom stereocenters. The lowest BCUT2D eigenvalue weighted by molar-refractivity contribution is 0.422. The van der Waals surface area contributed by atoms with Crippen LogP contribution in [0.15, 0.2) is 24.3 Å². The molecule has 0 aromatic heterocycles. The van der Waals surface area contributed by atoms with Crippen molar-refractivity contribution in [3.8, 4) is 0 Å². The van der Waals surface area contributed by atoms with Gasteiger partial charge in [-0.2, -0.15) is 8.78 Å². The van der Waals surface area contributed by atoms with Crippen LogP contribution in [0.2, 0.25) is 0 Å². The van der Waals surface area contributed by atoms with Crippen LogP contribution in [0.3, 0.4) is 0 Å². The summed E-state index contributed by atoms with van der Waals surface area (Å²) in [6.07, 6.45) is 6.71. The second kappa shape index (κ2) is 7.45. The number of hydrogen-bond donors (Lipinski definition) is 0. The first-order chi connectivity index (χ1) is 5.27. The molecule has 0 spiro atoms. The molecule has 0 saturated carbocycles. The van der Waals surface area contributed by atoms with Gasteiger partial charge in [0.1, 0.15) is 0 Å². The number of unbranched alkanes of at least 4 members (excludes halogenated alkanes) is 3. The third-order valence-electron chi connectivity index (χ3n) is 1.33. The maximum absolute atomic E-state index is 11.4. The number of allylic oxidation sites excluding steroid dienone is 3. The molecule has 0 N–H and O–H groups in total. The minimum absolute atomic E-state index is 0.825. The molecule has 0 atom stereocenters. The quantitative estimate of drug-likeness (QED) is 0.422. The van der Waals surface area contributed by atoms with Gasteiger partial charge in [0.05, 0.1) is 0 Å². The Bertz CT molecular complexity index is 132. The zero-order valence-electron chi connectivity index (χ0n) is 6.82. The van der Waals surface area contributed by atoms with Crippen molar-refractivity contribution >= 4 is 0 Å². The summed E-state index contributed by atoms with van der Waals surface area (Å²) in [5.74, 6) is 0. The Morgan fingerprint density at radius 3 is 2.55 bits per heavy atom. The first-order valence-corrected chi connectivity index (χ1v) is 3.95. The summed E-state index contributed by atoms with van der Waals surface area (Å²) >= 11 is 0. The lowest BCUT2D eigenvalue weighted by Gasteiger charge is -1.89. The zero-order valence-corrected chi connectivity index (χ0v) is 6.82. The minimum Gasteiger partial charge on any atom is -0.173 e. The van der Waals surface area contributed by atoms with Gasteiger partial charge < -0.3 is 0 Å². The average Bonchev–Trinajstić information content (AvgIpc) is 1.96. The van der Waals surface area contributed by atoms with Gasteiger partial charge in [0.25, 0.3) is 6.08 Å². The largest absolute Gasteiger partial charge is 0.270 e. The highest BCUT2D eigenvalue weighted by molar-refractivity contribution is 5.02. The first kappa shape index (κ1) is 10.3. The predicted octanol–water partition coefficient (Wildman–Crippen LogP) is 3.90. The van der Waals surface area contributed by atoms with Crippen molar-refractivity contribution in [3.63, 3.8) is 0 Å². The second-order valence-electron chi connectivity index (χ2n) is 2.38. The molecule has 0 aliphatic carbocycles. The molecule has 64 valence electrons. The van der Waals surface area contributed by atoms with Crippen LogP contribution < -0.4 is 0 Å². The summed E-state index contributed by atoms with van der Waals surface area (Å²) in [5.41, 5.74) is 0. The molecule has 0 aromatic carbocycles. The Labute approximate surface area is 66.6 Å². The second-order valence-corrected chi connectivity index (χ2v) is 2.38. The summed E-state index contributed by atoms with van der Waals surface area (Å²) < 4.78 is 22.8. The molecule has 0 aromatic rings. The van der Waals surface area contributed by atoms with Crippen molar-refractivity contribution in [2.45, 2.75) is 32.6 Å². The van der Waals surface area contributed by atoms with E-state index in [9.17, 15) is 8.78 Å². The third-order valence-corrected chi connectivity index (χ3v) is 1.33. The number of hydrogen-bond acceptors (Lipinski definition) is 0. The van der Waals surface area contributed by atoms with Crippen molar-refractivity contribution in [3.05, 3.63) is 24.3 Å². The van der Waals surface area contributed by atoms with Gasteiger partial charge in [0.15, 0.2) is 0 Å². The molecule has 0 rings (SSSR count). The highest BCUT2D eigenvalue weighted by Gasteiger charge is 1.82. The highest BCUT2D eigenvalue weighted by Crippen LogP contribution is 2.01. The monoisotopic (exact) mass is 160 g/mol. The van der Waals surface area contributed by atoms with E-state index in [4.69, 9.17) is 0 Å². The van der Waals surface area contributed by atoms with Gasteiger partial charge in [0, 0.05) is 6.08 Å². The Hall–Kier alpha value is -0.660. The number of halogens is 2. The molecule has 0 heterocycles. The van der Waals surface area contributed by atoms with Gasteiger partial charge in [-0.3, -0.25) is 0 Å². The van der Waals surface area contributed by atoms with E-state index >= 15 is 0 Å². The molecule has 0 fully saturated rings. The smallest absolute Gasteiger partial charge is 0.173 e. The van der Waals surface area contributed by atoms with Crippen molar-refractivity contribution in [2.75, 3.05) is 0 Å². The molecule has 0 aliphatic rings. The zero-order chi connectivity index (χ0) is 8.53. The third kappa shape index (κ3) is 9.34. The SMILES string of the molecule is CCCCC/C=C/C=C(F)F. The van der Waals surface area contributed by atoms with Gasteiger partial charge >= 0.3 is 0 Å². The van der Waals surface area contributed by atoms with Crippen LogP contribution in [0, 0.1) is 0 Å². The Morgan fingerprint density at radius 2 is 2.00 bits per heavy atom. The molecule has 2 heteroatoms. The molecule has 0 nitrogen and oxygen atoms in total. The van der Waals surface area contributed by atoms with Gasteiger partial charge in [-0.05, 0) is 12.8 Å². The van der Waals surface area contributed by atoms with E-state index in [1.54, 1.807) is 6.08 Å². The summed E-state index contributed by atoms with van der Waals surface area (Å²) in [4.78, 5) is 0. The Kier molecular flexibility index (Phi) is 7.00. The molecule has 11 heavy (non-hydrogen) atoms. The van der Waals surface area contributed by atoms with E-state index in [2.05, 4.69) is 6.92 Å². The first-order valence-electron chi connectivity index (χ1n) is 3.95. The maximum atomic E-state index is 11.4. The van der Waals surface area contributed by atoms with E-state index in [0.29, 0.717) is 0 Å². The van der Waals surface area contributed by atoms with Crippen molar-refractivity contribution in [1.29, 1.82) is 0 Å². The molecular formula is C9H14F2. The lowest BCUT2D eigenvalue weighted by atomic mass is 10.2. The lowest BCUT2D eigenvalue weighted by Crippen LogP contribution is -1.69. The van der Waals surface area contributed by atoms with Crippen molar-refractivity contribution in [2.24, 2.45) is 0 Å². The normalized spacial score (nSPS) is 10.5. The van der Waals surface area contributed by atoms with E-state index in [1.165, 1.54) is 18.9 Å². The van der Waals surface area contributed by atoms with E-state index < -0.39 is 6.08 Å². The summed E-state index contributed by atoms with van der Waals surface area (Å²) in [6.45, 7) is 2.12. The van der Waals surface area contributed by atoms with Gasteiger partial charge in [-0.25, -0.2) is 0 Å². The fourth-order valence-corrected chi connectivity index (χ4v) is 0.749. The van der Waals surface area contributed by atoms with Crippen LogP contribution in [-0.2, 0) is 0 Å². The average molecular weight is 160 g/mol. The fourth-order valence-electron chi connectivity index (χ4n) is 0.749.